The summed E-state index contributed by atoms with van der Waals surface area (Å²) in [5, 5.41) is 9.59. The van der Waals surface area contributed by atoms with E-state index in [1.165, 1.54) is 16.7 Å². The number of aryl methyl sites for hydroxylation is 1. The highest BCUT2D eigenvalue weighted by atomic mass is 127. The zero-order valence-electron chi connectivity index (χ0n) is 15.1. The monoisotopic (exact) mass is 464 g/mol. The average molecular weight is 464 g/mol. The number of benzene rings is 2. The Morgan fingerprint density at radius 2 is 1.88 bits per heavy atom. The molecule has 6 heteroatoms. The minimum Gasteiger partial charge on any atom is -0.356 e. The first-order valence-corrected chi connectivity index (χ1v) is 8.54. The Morgan fingerprint density at radius 1 is 1.15 bits per heavy atom. The third-order valence-corrected chi connectivity index (χ3v) is 4.43. The summed E-state index contributed by atoms with van der Waals surface area (Å²) in [7, 11) is 1.76. The molecule has 3 rings (SSSR count). The Kier molecular flexibility index (Phi) is 7.44. The van der Waals surface area contributed by atoms with Gasteiger partial charge < -0.3 is 16.0 Å². The van der Waals surface area contributed by atoms with Crippen molar-refractivity contribution in [1.82, 2.24) is 10.6 Å². The number of carbonyl (C=O) groups excluding carboxylic acids is 1. The van der Waals surface area contributed by atoms with Gasteiger partial charge in [0.15, 0.2) is 5.96 Å². The lowest BCUT2D eigenvalue weighted by molar-refractivity contribution is -0.116. The number of halogens is 1. The number of nitrogens with zero attached hydrogens (tertiary/aromatic N) is 1. The minimum absolute atomic E-state index is 0. The van der Waals surface area contributed by atoms with E-state index in [2.05, 4.69) is 58.2 Å². The van der Waals surface area contributed by atoms with Gasteiger partial charge in [-0.05, 0) is 24.1 Å². The van der Waals surface area contributed by atoms with Crippen LogP contribution in [0.15, 0.2) is 53.5 Å². The third kappa shape index (κ3) is 5.20. The van der Waals surface area contributed by atoms with E-state index in [1.807, 2.05) is 18.2 Å². The van der Waals surface area contributed by atoms with Crippen LogP contribution in [0, 0.1) is 6.92 Å². The van der Waals surface area contributed by atoms with Crippen LogP contribution in [0.2, 0.25) is 0 Å². The number of para-hydroxylation sites is 1. The number of aliphatic imine (C=N–C) groups is 1. The van der Waals surface area contributed by atoms with Gasteiger partial charge in [-0.3, -0.25) is 9.79 Å². The Morgan fingerprint density at radius 3 is 2.62 bits per heavy atom. The van der Waals surface area contributed by atoms with Crippen molar-refractivity contribution in [1.29, 1.82) is 0 Å². The SMILES string of the molecule is CN=C(NCc1ccc(C)cc1)NCC1CC(=O)Nc2ccccc21.I. The first-order valence-electron chi connectivity index (χ1n) is 8.54. The van der Waals surface area contributed by atoms with Gasteiger partial charge in [0.2, 0.25) is 5.91 Å². The highest BCUT2D eigenvalue weighted by Gasteiger charge is 2.24. The summed E-state index contributed by atoms with van der Waals surface area (Å²) in [5.74, 6) is 0.944. The van der Waals surface area contributed by atoms with E-state index in [0.717, 1.165) is 11.6 Å². The Bertz CT molecular complexity index is 774. The molecule has 26 heavy (non-hydrogen) atoms. The molecule has 0 aromatic heterocycles. The quantitative estimate of drug-likeness (QED) is 0.369. The van der Waals surface area contributed by atoms with Crippen LogP contribution >= 0.6 is 24.0 Å². The van der Waals surface area contributed by atoms with E-state index in [4.69, 9.17) is 0 Å². The first-order chi connectivity index (χ1) is 12.2. The molecule has 1 heterocycles. The van der Waals surface area contributed by atoms with Gasteiger partial charge in [-0.2, -0.15) is 0 Å². The van der Waals surface area contributed by atoms with Crippen molar-refractivity contribution in [2.75, 3.05) is 18.9 Å². The van der Waals surface area contributed by atoms with Crippen LogP contribution < -0.4 is 16.0 Å². The molecule has 0 bridgehead atoms. The first kappa shape index (κ1) is 20.2. The lowest BCUT2D eigenvalue weighted by Gasteiger charge is -2.26. The predicted molar refractivity (Wildman–Crippen MR) is 117 cm³/mol. The van der Waals surface area contributed by atoms with Crippen molar-refractivity contribution < 1.29 is 4.79 Å². The number of guanidine groups is 1. The molecule has 1 aliphatic heterocycles. The van der Waals surface area contributed by atoms with Crippen molar-refractivity contribution >= 4 is 41.5 Å². The zero-order valence-corrected chi connectivity index (χ0v) is 17.4. The van der Waals surface area contributed by atoms with Crippen LogP contribution in [0.1, 0.15) is 29.0 Å². The van der Waals surface area contributed by atoms with Gasteiger partial charge >= 0.3 is 0 Å². The molecule has 1 amide bonds. The van der Waals surface area contributed by atoms with E-state index in [-0.39, 0.29) is 35.8 Å². The second-order valence-corrected chi connectivity index (χ2v) is 6.33. The molecule has 0 spiro atoms. The second kappa shape index (κ2) is 9.56. The molecule has 2 aromatic carbocycles. The van der Waals surface area contributed by atoms with E-state index in [1.54, 1.807) is 7.05 Å². The number of rotatable bonds is 4. The zero-order chi connectivity index (χ0) is 17.6. The van der Waals surface area contributed by atoms with Crippen molar-refractivity contribution in [2.45, 2.75) is 25.8 Å². The number of fused-ring (bicyclic) bond motifs is 1. The number of hydrogen-bond acceptors (Lipinski definition) is 2. The van der Waals surface area contributed by atoms with Gasteiger partial charge in [-0.1, -0.05) is 48.0 Å². The minimum atomic E-state index is 0. The summed E-state index contributed by atoms with van der Waals surface area (Å²) in [5.41, 5.74) is 4.54. The van der Waals surface area contributed by atoms with E-state index in [0.29, 0.717) is 19.5 Å². The molecule has 0 aliphatic carbocycles. The molecular formula is C20H25IN4O. The van der Waals surface area contributed by atoms with Crippen LogP contribution in [0.4, 0.5) is 5.69 Å². The fraction of sp³-hybridized carbons (Fsp3) is 0.300. The summed E-state index contributed by atoms with van der Waals surface area (Å²) in [6.07, 6.45) is 0.485. The Balaban J connectivity index is 0.00000243. The molecule has 5 nitrogen and oxygen atoms in total. The number of carbonyl (C=O) groups is 1. The van der Waals surface area contributed by atoms with Crippen molar-refractivity contribution in [3.05, 3.63) is 65.2 Å². The standard InChI is InChI=1S/C20H24N4O.HI/c1-14-7-9-15(10-8-14)12-22-20(21-2)23-13-16-11-19(25)24-18-6-4-3-5-17(16)18;/h3-10,16H,11-13H2,1-2H3,(H,24,25)(H2,21,22,23);1H. The summed E-state index contributed by atoms with van der Waals surface area (Å²) in [4.78, 5) is 16.2. The van der Waals surface area contributed by atoms with Gasteiger partial charge in [-0.25, -0.2) is 0 Å². The van der Waals surface area contributed by atoms with E-state index >= 15 is 0 Å². The number of hydrogen-bond donors (Lipinski definition) is 3. The second-order valence-electron chi connectivity index (χ2n) is 6.33. The molecule has 0 saturated carbocycles. The highest BCUT2D eigenvalue weighted by molar-refractivity contribution is 14.0. The topological polar surface area (TPSA) is 65.5 Å². The predicted octanol–water partition coefficient (Wildman–Crippen LogP) is 3.40. The maximum atomic E-state index is 11.9. The molecule has 2 aromatic rings. The largest absolute Gasteiger partial charge is 0.356 e. The lowest BCUT2D eigenvalue weighted by Crippen LogP contribution is -2.40. The van der Waals surface area contributed by atoms with Crippen LogP contribution in [0.5, 0.6) is 0 Å². The molecule has 0 saturated heterocycles. The maximum Gasteiger partial charge on any atom is 0.225 e. The summed E-state index contributed by atoms with van der Waals surface area (Å²) >= 11 is 0. The maximum absolute atomic E-state index is 11.9. The van der Waals surface area contributed by atoms with Crippen LogP contribution in [-0.4, -0.2) is 25.5 Å². The fourth-order valence-corrected chi connectivity index (χ4v) is 3.02. The van der Waals surface area contributed by atoms with Crippen molar-refractivity contribution in [3.8, 4) is 0 Å². The summed E-state index contributed by atoms with van der Waals surface area (Å²) < 4.78 is 0. The molecule has 1 atom stereocenters. The smallest absolute Gasteiger partial charge is 0.225 e. The molecule has 0 radical (unpaired) electrons. The van der Waals surface area contributed by atoms with Gasteiger partial charge in [0.1, 0.15) is 0 Å². The van der Waals surface area contributed by atoms with Crippen molar-refractivity contribution in [2.24, 2.45) is 4.99 Å². The molecular weight excluding hydrogens is 439 g/mol. The van der Waals surface area contributed by atoms with Crippen molar-refractivity contribution in [3.63, 3.8) is 0 Å². The van der Waals surface area contributed by atoms with Gasteiger partial charge in [-0.15, -0.1) is 24.0 Å². The summed E-state index contributed by atoms with van der Waals surface area (Å²) in [6.45, 7) is 3.45. The number of amides is 1. The molecule has 3 N–H and O–H groups in total. The van der Waals surface area contributed by atoms with Gasteiger partial charge in [0.25, 0.3) is 0 Å². The number of anilines is 1. The number of nitrogens with one attached hydrogen (secondary N) is 3. The van der Waals surface area contributed by atoms with E-state index in [9.17, 15) is 4.79 Å². The average Bonchev–Trinajstić information content (AvgIpc) is 2.63. The van der Waals surface area contributed by atoms with Crippen LogP contribution in [0.25, 0.3) is 0 Å². The Labute approximate surface area is 171 Å². The van der Waals surface area contributed by atoms with E-state index < -0.39 is 0 Å². The summed E-state index contributed by atoms with van der Waals surface area (Å²) in [6, 6.07) is 16.4. The third-order valence-electron chi connectivity index (χ3n) is 4.43. The van der Waals surface area contributed by atoms with Gasteiger partial charge in [0.05, 0.1) is 0 Å². The molecule has 0 fully saturated rings. The fourth-order valence-electron chi connectivity index (χ4n) is 3.02. The Hall–Kier alpha value is -2.09. The molecule has 1 unspecified atom stereocenters. The highest BCUT2D eigenvalue weighted by Crippen LogP contribution is 2.31. The lowest BCUT2D eigenvalue weighted by atomic mass is 9.90. The molecule has 1 aliphatic rings. The van der Waals surface area contributed by atoms with Gasteiger partial charge in [0, 0.05) is 38.2 Å². The normalized spacial score (nSPS) is 16.2. The van der Waals surface area contributed by atoms with Crippen LogP contribution in [-0.2, 0) is 11.3 Å². The molecule has 138 valence electrons. The van der Waals surface area contributed by atoms with Crippen LogP contribution in [0.3, 0.4) is 0 Å².